The lowest BCUT2D eigenvalue weighted by molar-refractivity contribution is -0.870. The number of para-hydroxylation sites is 1. The maximum Gasteiger partial charge on any atom is 0.472 e. The van der Waals surface area contributed by atoms with Crippen molar-refractivity contribution in [2.75, 3.05) is 54.1 Å². The number of benzene rings is 1. The second-order valence-corrected chi connectivity index (χ2v) is 9.49. The second-order valence-electron chi connectivity index (χ2n) is 8.04. The molecular weight excluding hydrogens is 411 g/mol. The van der Waals surface area contributed by atoms with Crippen LogP contribution in [0.3, 0.4) is 0 Å². The Balaban J connectivity index is 1.82. The Hall–Kier alpha value is -1.39. The van der Waals surface area contributed by atoms with Crippen LogP contribution in [0, 0.1) is 0 Å². The van der Waals surface area contributed by atoms with Crippen molar-refractivity contribution < 1.29 is 32.5 Å². The van der Waals surface area contributed by atoms with Gasteiger partial charge in [0, 0.05) is 6.61 Å². The Bertz CT molecular complexity index is 810. The molecule has 0 saturated carbocycles. The lowest BCUT2D eigenvalue weighted by Crippen LogP contribution is -2.37. The first-order valence-electron chi connectivity index (χ1n) is 10.1. The van der Waals surface area contributed by atoms with E-state index in [-0.39, 0.29) is 26.6 Å². The lowest BCUT2D eigenvalue weighted by Gasteiger charge is -2.24. The van der Waals surface area contributed by atoms with E-state index in [0.717, 1.165) is 23.9 Å². The van der Waals surface area contributed by atoms with Crippen molar-refractivity contribution >= 4 is 18.9 Å². The van der Waals surface area contributed by atoms with Crippen molar-refractivity contribution in [3.8, 4) is 0 Å². The fourth-order valence-electron chi connectivity index (χ4n) is 2.47. The van der Waals surface area contributed by atoms with E-state index in [4.69, 9.17) is 18.5 Å². The summed E-state index contributed by atoms with van der Waals surface area (Å²) in [5.74, 6) is 0. The zero-order valence-electron chi connectivity index (χ0n) is 18.3. The number of rotatable bonds is 15. The largest absolute Gasteiger partial charge is 0.472 e. The van der Waals surface area contributed by atoms with Crippen LogP contribution >= 0.6 is 7.82 Å². The molecule has 0 saturated heterocycles. The minimum absolute atomic E-state index is 0.111. The first-order chi connectivity index (χ1) is 14.2. The third-order valence-corrected chi connectivity index (χ3v) is 5.21. The monoisotopic (exact) mass is 445 g/mol. The Labute approximate surface area is 177 Å². The molecule has 0 amide bonds. The van der Waals surface area contributed by atoms with Crippen LogP contribution in [0.15, 0.2) is 24.3 Å². The number of aromatic nitrogens is 3. The summed E-state index contributed by atoms with van der Waals surface area (Å²) in [5, 5.41) is 8.15. The van der Waals surface area contributed by atoms with Gasteiger partial charge in [-0.05, 0) is 18.6 Å². The van der Waals surface area contributed by atoms with Gasteiger partial charge in [-0.15, -0.1) is 5.10 Å². The standard InChI is InChI=1S/C19H33N4O6P/c1-5-6-12-27-17(15-29-30(24,25)28-13-11-23(2,3)4)14-26-16-22-19-10-8-7-9-18(19)20-21-22/h7-10,17H,5-6,11-16H2,1-4H3/p+1. The molecule has 1 aromatic carbocycles. The fourth-order valence-corrected chi connectivity index (χ4v) is 3.21. The van der Waals surface area contributed by atoms with E-state index >= 15 is 0 Å². The van der Waals surface area contributed by atoms with E-state index in [9.17, 15) is 9.46 Å². The summed E-state index contributed by atoms with van der Waals surface area (Å²) in [7, 11) is 1.76. The van der Waals surface area contributed by atoms with Crippen molar-refractivity contribution in [1.29, 1.82) is 0 Å². The fraction of sp³-hybridized carbons (Fsp3) is 0.684. The minimum atomic E-state index is -4.16. The molecule has 170 valence electrons. The number of phosphoric ester groups is 1. The molecule has 30 heavy (non-hydrogen) atoms. The second kappa shape index (κ2) is 11.9. The number of likely N-dealkylation sites (N-methyl/N-ethyl adjacent to an activating group) is 1. The van der Waals surface area contributed by atoms with Crippen molar-refractivity contribution in [2.24, 2.45) is 0 Å². The van der Waals surface area contributed by atoms with Gasteiger partial charge < -0.3 is 18.9 Å². The zero-order valence-corrected chi connectivity index (χ0v) is 19.2. The molecule has 11 heteroatoms. The van der Waals surface area contributed by atoms with Gasteiger partial charge in [-0.25, -0.2) is 9.25 Å². The van der Waals surface area contributed by atoms with Crippen molar-refractivity contribution in [1.82, 2.24) is 15.0 Å². The highest BCUT2D eigenvalue weighted by atomic mass is 31.2. The summed E-state index contributed by atoms with van der Waals surface area (Å²) >= 11 is 0. The lowest BCUT2D eigenvalue weighted by atomic mass is 10.3. The molecule has 2 unspecified atom stereocenters. The van der Waals surface area contributed by atoms with Gasteiger partial charge in [0.15, 0.2) is 0 Å². The van der Waals surface area contributed by atoms with Gasteiger partial charge in [0.25, 0.3) is 0 Å². The van der Waals surface area contributed by atoms with Crippen LogP contribution in [0.4, 0.5) is 0 Å². The predicted molar refractivity (Wildman–Crippen MR) is 113 cm³/mol. The average molecular weight is 445 g/mol. The Morgan fingerprint density at radius 3 is 2.67 bits per heavy atom. The Morgan fingerprint density at radius 1 is 1.17 bits per heavy atom. The third-order valence-electron chi connectivity index (χ3n) is 4.23. The molecule has 10 nitrogen and oxygen atoms in total. The van der Waals surface area contributed by atoms with Gasteiger partial charge >= 0.3 is 7.82 Å². The van der Waals surface area contributed by atoms with E-state index < -0.39 is 13.9 Å². The van der Waals surface area contributed by atoms with Crippen LogP contribution in [0.25, 0.3) is 11.0 Å². The molecule has 0 aliphatic rings. The van der Waals surface area contributed by atoms with Crippen LogP contribution in [0.5, 0.6) is 0 Å². The van der Waals surface area contributed by atoms with Crippen molar-refractivity contribution in [3.63, 3.8) is 0 Å². The normalized spacial score (nSPS) is 15.4. The molecule has 0 spiro atoms. The molecule has 2 atom stereocenters. The predicted octanol–water partition coefficient (Wildman–Crippen LogP) is 2.43. The van der Waals surface area contributed by atoms with Crippen molar-refractivity contribution in [2.45, 2.75) is 32.6 Å². The number of fused-ring (bicyclic) bond motifs is 1. The van der Waals surface area contributed by atoms with Gasteiger partial charge in [-0.3, -0.25) is 9.05 Å². The van der Waals surface area contributed by atoms with E-state index in [1.165, 1.54) is 0 Å². The van der Waals surface area contributed by atoms with Gasteiger partial charge in [-0.1, -0.05) is 30.7 Å². The number of unbranched alkanes of at least 4 members (excludes halogenated alkanes) is 1. The number of quaternary nitrogens is 1. The highest BCUT2D eigenvalue weighted by molar-refractivity contribution is 7.47. The van der Waals surface area contributed by atoms with Crippen LogP contribution in [0.2, 0.25) is 0 Å². The summed E-state index contributed by atoms with van der Waals surface area (Å²) in [4.78, 5) is 9.91. The summed E-state index contributed by atoms with van der Waals surface area (Å²) in [5.41, 5.74) is 1.65. The average Bonchev–Trinajstić information content (AvgIpc) is 3.08. The molecule has 2 aromatic rings. The molecule has 1 heterocycles. The molecule has 0 bridgehead atoms. The molecule has 0 aliphatic carbocycles. The minimum Gasteiger partial charge on any atom is -0.373 e. The smallest absolute Gasteiger partial charge is 0.373 e. The number of nitrogens with zero attached hydrogens (tertiary/aromatic N) is 4. The van der Waals surface area contributed by atoms with Crippen LogP contribution < -0.4 is 0 Å². The summed E-state index contributed by atoms with van der Waals surface area (Å²) in [6, 6.07) is 7.59. The molecule has 1 N–H and O–H groups in total. The van der Waals surface area contributed by atoms with Crippen LogP contribution in [0.1, 0.15) is 19.8 Å². The quantitative estimate of drug-likeness (QED) is 0.253. The van der Waals surface area contributed by atoms with Crippen molar-refractivity contribution in [3.05, 3.63) is 24.3 Å². The molecule has 0 radical (unpaired) electrons. The number of phosphoric acid groups is 1. The summed E-state index contributed by atoms with van der Waals surface area (Å²) in [6.07, 6.45) is 1.35. The van der Waals surface area contributed by atoms with E-state index in [0.29, 0.717) is 17.6 Å². The first-order valence-corrected chi connectivity index (χ1v) is 11.6. The Morgan fingerprint density at radius 2 is 1.93 bits per heavy atom. The number of hydrogen-bond acceptors (Lipinski definition) is 7. The molecule has 0 aliphatic heterocycles. The third kappa shape index (κ3) is 9.18. The van der Waals surface area contributed by atoms with Gasteiger partial charge in [0.1, 0.15) is 31.5 Å². The van der Waals surface area contributed by atoms with Gasteiger partial charge in [0.2, 0.25) is 0 Å². The molecule has 2 rings (SSSR count). The highest BCUT2D eigenvalue weighted by Crippen LogP contribution is 2.43. The number of hydrogen-bond donors (Lipinski definition) is 1. The molecular formula is C19H34N4O6P+. The van der Waals surface area contributed by atoms with E-state index in [1.807, 2.05) is 45.4 Å². The molecule has 1 aromatic heterocycles. The maximum atomic E-state index is 12.1. The summed E-state index contributed by atoms with van der Waals surface area (Å²) in [6.45, 7) is 3.53. The van der Waals surface area contributed by atoms with Gasteiger partial charge in [-0.2, -0.15) is 0 Å². The number of ether oxygens (including phenoxy) is 2. The topological polar surface area (TPSA) is 105 Å². The van der Waals surface area contributed by atoms with E-state index in [2.05, 4.69) is 17.2 Å². The highest BCUT2D eigenvalue weighted by Gasteiger charge is 2.25. The SMILES string of the molecule is CCCCOC(COCn1nnc2ccccc21)COP(=O)(O)OCC[N+](C)(C)C. The maximum absolute atomic E-state index is 12.1. The van der Waals surface area contributed by atoms with E-state index in [1.54, 1.807) is 4.68 Å². The van der Waals surface area contributed by atoms with Gasteiger partial charge in [0.05, 0.1) is 39.9 Å². The first kappa shape index (κ1) is 24.9. The molecule has 0 fully saturated rings. The summed E-state index contributed by atoms with van der Waals surface area (Å²) < 4.78 is 36.0. The zero-order chi connectivity index (χ0) is 22.0. The van der Waals surface area contributed by atoms with Crippen LogP contribution in [-0.2, 0) is 29.8 Å². The Kier molecular flexibility index (Phi) is 9.83. The van der Waals surface area contributed by atoms with Crippen LogP contribution in [-0.4, -0.2) is 84.6 Å².